The van der Waals surface area contributed by atoms with Crippen LogP contribution >= 0.6 is 0 Å². The predicted octanol–water partition coefficient (Wildman–Crippen LogP) is 0.356. The molecule has 0 saturated carbocycles. The Morgan fingerprint density at radius 1 is 0.840 bits per heavy atom. The van der Waals surface area contributed by atoms with E-state index in [1.807, 2.05) is 15.9 Å². The second kappa shape index (κ2) is 8.53. The maximum absolute atomic E-state index is 13.2. The Balaban J connectivity index is 1.92. The van der Waals surface area contributed by atoms with E-state index in [0.29, 0.717) is 58.2 Å². The molecule has 3 rings (SSSR count). The number of rotatable bonds is 6. The first kappa shape index (κ1) is 18.0. The molecule has 1 aromatic rings. The molecule has 0 radical (unpaired) electrons. The molecule has 0 bridgehead atoms. The number of Topliss-reactive ketones (excluding diaryl/α,β-unsaturated/α-hetero) is 1. The lowest BCUT2D eigenvalue weighted by Gasteiger charge is -2.41. The number of ketones is 1. The van der Waals surface area contributed by atoms with E-state index in [1.165, 1.54) is 0 Å². The largest absolute Gasteiger partial charge is 0.480 e. The summed E-state index contributed by atoms with van der Waals surface area (Å²) in [6.45, 7) is 4.12. The zero-order valence-electron chi connectivity index (χ0n) is 14.2. The lowest BCUT2D eigenvalue weighted by atomic mass is 9.94. The first-order valence-electron chi connectivity index (χ1n) is 8.64. The molecule has 2 atom stereocenters. The molecule has 2 aliphatic rings. The van der Waals surface area contributed by atoms with Crippen molar-refractivity contribution in [1.29, 1.82) is 0 Å². The SMILES string of the molecule is O=C(O)C(C(C(=O)c1ccccc1)N1CCOCC1)N1CCOCC1. The van der Waals surface area contributed by atoms with Gasteiger partial charge in [-0.25, -0.2) is 0 Å². The highest BCUT2D eigenvalue weighted by Gasteiger charge is 2.42. The number of ether oxygens (including phenoxy) is 2. The van der Waals surface area contributed by atoms with E-state index >= 15 is 0 Å². The normalized spacial score (nSPS) is 22.2. The Morgan fingerprint density at radius 3 is 1.80 bits per heavy atom. The molecule has 2 unspecified atom stereocenters. The molecule has 1 aromatic carbocycles. The Bertz CT molecular complexity index is 582. The van der Waals surface area contributed by atoms with Gasteiger partial charge in [0.2, 0.25) is 0 Å². The maximum atomic E-state index is 13.2. The van der Waals surface area contributed by atoms with Crippen molar-refractivity contribution in [1.82, 2.24) is 9.80 Å². The number of carboxylic acids is 1. The second-order valence-electron chi connectivity index (χ2n) is 6.25. The summed E-state index contributed by atoms with van der Waals surface area (Å²) < 4.78 is 10.7. The highest BCUT2D eigenvalue weighted by atomic mass is 16.5. The molecule has 136 valence electrons. The van der Waals surface area contributed by atoms with Crippen LogP contribution in [0.2, 0.25) is 0 Å². The summed E-state index contributed by atoms with van der Waals surface area (Å²) in [5.74, 6) is -1.12. The molecule has 2 heterocycles. The minimum Gasteiger partial charge on any atom is -0.480 e. The number of carbonyl (C=O) groups is 2. The van der Waals surface area contributed by atoms with Gasteiger partial charge in [0, 0.05) is 31.7 Å². The third-order valence-electron chi connectivity index (χ3n) is 4.76. The smallest absolute Gasteiger partial charge is 0.323 e. The summed E-state index contributed by atoms with van der Waals surface area (Å²) in [6, 6.07) is 7.30. The molecule has 0 spiro atoms. The second-order valence-corrected chi connectivity index (χ2v) is 6.25. The number of carboxylic acid groups (broad SMARTS) is 1. The molecule has 7 heteroatoms. The zero-order valence-corrected chi connectivity index (χ0v) is 14.2. The molecule has 2 aliphatic heterocycles. The number of morpholine rings is 2. The van der Waals surface area contributed by atoms with Crippen molar-refractivity contribution < 1.29 is 24.2 Å². The first-order valence-corrected chi connectivity index (χ1v) is 8.64. The van der Waals surface area contributed by atoms with Crippen LogP contribution < -0.4 is 0 Å². The molecule has 7 nitrogen and oxygen atoms in total. The summed E-state index contributed by atoms with van der Waals surface area (Å²) in [5.41, 5.74) is 0.540. The van der Waals surface area contributed by atoms with E-state index in [4.69, 9.17) is 9.47 Å². The van der Waals surface area contributed by atoms with Crippen LogP contribution in [0.25, 0.3) is 0 Å². The van der Waals surface area contributed by atoms with Crippen LogP contribution in [0.3, 0.4) is 0 Å². The number of aliphatic carboxylic acids is 1. The maximum Gasteiger partial charge on any atom is 0.323 e. The monoisotopic (exact) mass is 348 g/mol. The molecular formula is C18H24N2O5. The van der Waals surface area contributed by atoms with E-state index < -0.39 is 18.1 Å². The fourth-order valence-electron chi connectivity index (χ4n) is 3.48. The third kappa shape index (κ3) is 4.24. The summed E-state index contributed by atoms with van der Waals surface area (Å²) in [5, 5.41) is 9.93. The fourth-order valence-corrected chi connectivity index (χ4v) is 3.48. The molecule has 0 aromatic heterocycles. The summed E-state index contributed by atoms with van der Waals surface area (Å²) in [6.07, 6.45) is 0. The van der Waals surface area contributed by atoms with E-state index in [-0.39, 0.29) is 5.78 Å². The average molecular weight is 348 g/mol. The lowest BCUT2D eigenvalue weighted by molar-refractivity contribution is -0.148. The lowest BCUT2D eigenvalue weighted by Crippen LogP contribution is -2.62. The van der Waals surface area contributed by atoms with Gasteiger partial charge in [-0.15, -0.1) is 0 Å². The Morgan fingerprint density at radius 2 is 1.32 bits per heavy atom. The number of nitrogens with zero attached hydrogens (tertiary/aromatic N) is 2. The van der Waals surface area contributed by atoms with Crippen molar-refractivity contribution in [2.24, 2.45) is 0 Å². The van der Waals surface area contributed by atoms with Crippen LogP contribution in [0.1, 0.15) is 10.4 Å². The minimum atomic E-state index is -0.970. The third-order valence-corrected chi connectivity index (χ3v) is 4.76. The number of hydrogen-bond acceptors (Lipinski definition) is 6. The van der Waals surface area contributed by atoms with Gasteiger partial charge in [-0.05, 0) is 0 Å². The standard InChI is InChI=1S/C18H24N2O5/c21-17(14-4-2-1-3-5-14)15(19-6-10-24-11-7-19)16(18(22)23)20-8-12-25-13-9-20/h1-5,15-16H,6-13H2,(H,22,23). The fraction of sp³-hybridized carbons (Fsp3) is 0.556. The van der Waals surface area contributed by atoms with Gasteiger partial charge in [-0.3, -0.25) is 19.4 Å². The van der Waals surface area contributed by atoms with Gasteiger partial charge in [0.1, 0.15) is 12.1 Å². The first-order chi connectivity index (χ1) is 12.2. The van der Waals surface area contributed by atoms with E-state index in [1.54, 1.807) is 24.3 Å². The molecule has 25 heavy (non-hydrogen) atoms. The van der Waals surface area contributed by atoms with Gasteiger partial charge < -0.3 is 14.6 Å². The molecule has 2 fully saturated rings. The van der Waals surface area contributed by atoms with Crippen LogP contribution in [0.4, 0.5) is 0 Å². The van der Waals surface area contributed by atoms with Crippen molar-refractivity contribution in [3.63, 3.8) is 0 Å². The van der Waals surface area contributed by atoms with Gasteiger partial charge in [-0.2, -0.15) is 0 Å². The van der Waals surface area contributed by atoms with Gasteiger partial charge in [0.25, 0.3) is 0 Å². The Labute approximate surface area is 147 Å². The minimum absolute atomic E-state index is 0.151. The summed E-state index contributed by atoms with van der Waals surface area (Å²) in [4.78, 5) is 29.2. The van der Waals surface area contributed by atoms with Gasteiger partial charge in [-0.1, -0.05) is 30.3 Å². The van der Waals surface area contributed by atoms with Gasteiger partial charge in [0.05, 0.1) is 26.4 Å². The zero-order chi connectivity index (χ0) is 17.6. The number of carbonyl (C=O) groups excluding carboxylic acids is 1. The average Bonchev–Trinajstić information content (AvgIpc) is 2.67. The van der Waals surface area contributed by atoms with E-state index in [9.17, 15) is 14.7 Å². The topological polar surface area (TPSA) is 79.3 Å². The van der Waals surface area contributed by atoms with Crippen molar-refractivity contribution >= 4 is 11.8 Å². The van der Waals surface area contributed by atoms with Crippen LogP contribution in [0.5, 0.6) is 0 Å². The van der Waals surface area contributed by atoms with Crippen molar-refractivity contribution in [3.8, 4) is 0 Å². The van der Waals surface area contributed by atoms with E-state index in [0.717, 1.165) is 0 Å². The Hall–Kier alpha value is -1.80. The summed E-state index contributed by atoms with van der Waals surface area (Å²) in [7, 11) is 0. The van der Waals surface area contributed by atoms with Crippen LogP contribution in [0, 0.1) is 0 Å². The van der Waals surface area contributed by atoms with Crippen LogP contribution in [0.15, 0.2) is 30.3 Å². The van der Waals surface area contributed by atoms with Gasteiger partial charge in [0.15, 0.2) is 5.78 Å². The number of benzene rings is 1. The van der Waals surface area contributed by atoms with Crippen LogP contribution in [-0.2, 0) is 14.3 Å². The Kier molecular flexibility index (Phi) is 6.14. The van der Waals surface area contributed by atoms with E-state index in [2.05, 4.69) is 0 Å². The molecular weight excluding hydrogens is 324 g/mol. The molecule has 0 amide bonds. The quantitative estimate of drug-likeness (QED) is 0.744. The molecule has 0 aliphatic carbocycles. The van der Waals surface area contributed by atoms with Gasteiger partial charge >= 0.3 is 5.97 Å². The van der Waals surface area contributed by atoms with Crippen molar-refractivity contribution in [2.45, 2.75) is 12.1 Å². The molecule has 2 saturated heterocycles. The number of hydrogen-bond donors (Lipinski definition) is 1. The predicted molar refractivity (Wildman–Crippen MR) is 90.8 cm³/mol. The highest BCUT2D eigenvalue weighted by molar-refractivity contribution is 6.03. The highest BCUT2D eigenvalue weighted by Crippen LogP contribution is 2.20. The van der Waals surface area contributed by atoms with Crippen LogP contribution in [-0.4, -0.2) is 91.3 Å². The van der Waals surface area contributed by atoms with Crippen molar-refractivity contribution in [3.05, 3.63) is 35.9 Å². The molecule has 1 N–H and O–H groups in total. The van der Waals surface area contributed by atoms with Crippen molar-refractivity contribution in [2.75, 3.05) is 52.6 Å². The summed E-state index contributed by atoms with van der Waals surface area (Å²) >= 11 is 0.